The molecule has 11 nitrogen and oxygen atoms in total. The fourth-order valence-corrected chi connectivity index (χ4v) is 4.47. The van der Waals surface area contributed by atoms with E-state index in [-0.39, 0.29) is 25.9 Å². The number of carboxylic acids is 1. The first kappa shape index (κ1) is 23.5. The van der Waals surface area contributed by atoms with Crippen LogP contribution in [0.3, 0.4) is 0 Å². The molecule has 0 aromatic heterocycles. The van der Waals surface area contributed by atoms with Crippen molar-refractivity contribution in [2.75, 3.05) is 27.1 Å². The average Bonchev–Trinajstić information content (AvgIpc) is 3.36. The first-order chi connectivity index (χ1) is 16.5. The Morgan fingerprint density at radius 1 is 1.15 bits per heavy atom. The Morgan fingerprint density at radius 3 is 2.38 bits per heavy atom. The molecule has 0 saturated carbocycles. The van der Waals surface area contributed by atoms with Crippen LogP contribution in [0.25, 0.3) is 21.6 Å². The fraction of sp³-hybridized carbons (Fsp3) is 0.391. The van der Waals surface area contributed by atoms with Crippen LogP contribution in [0.15, 0.2) is 53.6 Å². The minimum absolute atomic E-state index is 0.0972. The maximum absolute atomic E-state index is 12.5. The van der Waals surface area contributed by atoms with E-state index in [9.17, 15) is 14.7 Å². The lowest BCUT2D eigenvalue weighted by atomic mass is 9.98. The zero-order valence-electron chi connectivity index (χ0n) is 18.4. The number of ether oxygens (including phenoxy) is 4. The topological polar surface area (TPSA) is 152 Å². The summed E-state index contributed by atoms with van der Waals surface area (Å²) >= 11 is 0. The van der Waals surface area contributed by atoms with Crippen LogP contribution in [0, 0.1) is 0 Å². The molecule has 2 aromatic rings. The second-order valence-corrected chi connectivity index (χ2v) is 7.87. The van der Waals surface area contributed by atoms with Crippen molar-refractivity contribution in [1.82, 2.24) is 5.32 Å². The minimum atomic E-state index is -1.38. The number of hydrogen-bond donors (Lipinski definition) is 2. The van der Waals surface area contributed by atoms with Crippen LogP contribution < -0.4 is 5.32 Å². The third-order valence-corrected chi connectivity index (χ3v) is 5.94. The van der Waals surface area contributed by atoms with Crippen LogP contribution in [0.5, 0.6) is 0 Å². The van der Waals surface area contributed by atoms with Crippen molar-refractivity contribution in [1.29, 1.82) is 0 Å². The molecule has 1 aliphatic heterocycles. The Labute approximate surface area is 195 Å². The number of azide groups is 1. The van der Waals surface area contributed by atoms with Gasteiger partial charge in [-0.15, -0.1) is 0 Å². The minimum Gasteiger partial charge on any atom is -0.479 e. The van der Waals surface area contributed by atoms with E-state index in [4.69, 9.17) is 24.5 Å². The molecule has 1 heterocycles. The number of aliphatic carboxylic acids is 1. The highest BCUT2D eigenvalue weighted by molar-refractivity contribution is 5.79. The molecule has 4 rings (SSSR count). The summed E-state index contributed by atoms with van der Waals surface area (Å²) in [5.74, 6) is -1.37. The van der Waals surface area contributed by atoms with Crippen LogP contribution in [0.1, 0.15) is 17.0 Å². The first-order valence-electron chi connectivity index (χ1n) is 10.7. The number of nitrogens with one attached hydrogen (secondary N) is 1. The van der Waals surface area contributed by atoms with Gasteiger partial charge < -0.3 is 29.4 Å². The van der Waals surface area contributed by atoms with Crippen molar-refractivity contribution < 1.29 is 33.6 Å². The zero-order chi connectivity index (χ0) is 24.1. The van der Waals surface area contributed by atoms with Crippen molar-refractivity contribution in [2.24, 2.45) is 5.11 Å². The van der Waals surface area contributed by atoms with Crippen LogP contribution >= 0.6 is 0 Å². The van der Waals surface area contributed by atoms with E-state index in [0.717, 1.165) is 22.3 Å². The lowest BCUT2D eigenvalue weighted by Gasteiger charge is -2.19. The molecule has 178 valence electrons. The quantitative estimate of drug-likeness (QED) is 0.248. The van der Waals surface area contributed by atoms with Crippen LogP contribution in [0.4, 0.5) is 4.79 Å². The summed E-state index contributed by atoms with van der Waals surface area (Å²) < 4.78 is 21.2. The summed E-state index contributed by atoms with van der Waals surface area (Å²) in [6, 6.07) is 15.0. The molecule has 1 saturated heterocycles. The van der Waals surface area contributed by atoms with Crippen LogP contribution in [-0.2, 0) is 23.7 Å². The second-order valence-electron chi connectivity index (χ2n) is 7.87. The van der Waals surface area contributed by atoms with Gasteiger partial charge in [0.15, 0.2) is 6.10 Å². The van der Waals surface area contributed by atoms with Gasteiger partial charge in [0.05, 0.1) is 12.1 Å². The number of amides is 1. The summed E-state index contributed by atoms with van der Waals surface area (Å²) in [5.41, 5.74) is 13.3. The second kappa shape index (κ2) is 10.5. The number of carbonyl (C=O) groups excluding carboxylic acids is 1. The van der Waals surface area contributed by atoms with E-state index in [1.54, 1.807) is 0 Å². The highest BCUT2D eigenvalue weighted by Crippen LogP contribution is 2.44. The summed E-state index contributed by atoms with van der Waals surface area (Å²) in [4.78, 5) is 26.8. The summed E-state index contributed by atoms with van der Waals surface area (Å²) in [6.07, 6.45) is -4.06. The molecule has 0 bridgehead atoms. The lowest BCUT2D eigenvalue weighted by molar-refractivity contribution is -0.159. The normalized spacial score (nSPS) is 23.0. The van der Waals surface area contributed by atoms with Gasteiger partial charge in [0, 0.05) is 24.5 Å². The molecule has 0 radical (unpaired) electrons. The molecule has 2 N–H and O–H groups in total. The average molecular weight is 468 g/mol. The maximum Gasteiger partial charge on any atom is 0.407 e. The molecule has 2 aromatic carbocycles. The van der Waals surface area contributed by atoms with Gasteiger partial charge in [-0.05, 0) is 27.8 Å². The first-order valence-corrected chi connectivity index (χ1v) is 10.7. The molecule has 11 heteroatoms. The Morgan fingerprint density at radius 2 is 1.79 bits per heavy atom. The van der Waals surface area contributed by atoms with Gasteiger partial charge in [0.25, 0.3) is 0 Å². The molecular formula is C23H24N4O7. The molecular weight excluding hydrogens is 444 g/mol. The molecule has 2 aliphatic rings. The summed E-state index contributed by atoms with van der Waals surface area (Å²) in [5, 5.41) is 15.6. The molecule has 0 spiro atoms. The number of rotatable bonds is 9. The SMILES string of the molecule is COCO[C@@H]1[C@H](N=[N+]=[N-])[C@@H](CNC(=O)OCC2c3ccccc3-c3ccccc32)O[C@H]1C(=O)O. The molecule has 1 aliphatic carbocycles. The number of alkyl carbamates (subject to hydrolysis) is 1. The highest BCUT2D eigenvalue weighted by atomic mass is 16.7. The Hall–Kier alpha value is -3.63. The number of fused-ring (bicyclic) bond motifs is 3. The Balaban J connectivity index is 1.38. The summed E-state index contributed by atoms with van der Waals surface area (Å²) in [6.45, 7) is -0.207. The number of carboxylic acid groups (broad SMARTS) is 1. The van der Waals surface area contributed by atoms with Gasteiger partial charge in [0.2, 0.25) is 0 Å². The van der Waals surface area contributed by atoms with Crippen molar-refractivity contribution in [2.45, 2.75) is 30.3 Å². The van der Waals surface area contributed by atoms with Gasteiger partial charge in [0.1, 0.15) is 19.5 Å². The van der Waals surface area contributed by atoms with Crippen molar-refractivity contribution in [3.63, 3.8) is 0 Å². The predicted octanol–water partition coefficient (Wildman–Crippen LogP) is 3.05. The lowest BCUT2D eigenvalue weighted by Crippen LogP contribution is -2.41. The van der Waals surface area contributed by atoms with E-state index in [1.807, 2.05) is 48.5 Å². The number of hydrogen-bond acceptors (Lipinski definition) is 7. The number of carbonyl (C=O) groups is 2. The third-order valence-electron chi connectivity index (χ3n) is 5.94. The van der Waals surface area contributed by atoms with Crippen molar-refractivity contribution in [3.8, 4) is 11.1 Å². The number of methoxy groups -OCH3 is 1. The molecule has 34 heavy (non-hydrogen) atoms. The molecule has 4 atom stereocenters. The summed E-state index contributed by atoms with van der Waals surface area (Å²) in [7, 11) is 1.38. The van der Waals surface area contributed by atoms with E-state index >= 15 is 0 Å². The third kappa shape index (κ3) is 4.68. The van der Waals surface area contributed by atoms with Gasteiger partial charge in [-0.3, -0.25) is 0 Å². The smallest absolute Gasteiger partial charge is 0.407 e. The number of benzene rings is 2. The van der Waals surface area contributed by atoms with E-state index in [0.29, 0.717) is 0 Å². The van der Waals surface area contributed by atoms with Crippen molar-refractivity contribution in [3.05, 3.63) is 70.1 Å². The molecule has 1 fully saturated rings. The Kier molecular flexibility index (Phi) is 7.29. The van der Waals surface area contributed by atoms with Crippen molar-refractivity contribution >= 4 is 12.1 Å². The van der Waals surface area contributed by atoms with Gasteiger partial charge in [-0.2, -0.15) is 0 Å². The monoisotopic (exact) mass is 468 g/mol. The highest BCUT2D eigenvalue weighted by Gasteiger charge is 2.48. The van der Waals surface area contributed by atoms with E-state index < -0.39 is 36.4 Å². The van der Waals surface area contributed by atoms with Gasteiger partial charge in [-0.25, -0.2) is 9.59 Å². The molecule has 1 amide bonds. The predicted molar refractivity (Wildman–Crippen MR) is 119 cm³/mol. The standard InChI is InChI=1S/C23H24N4O7/c1-31-12-33-20-19(26-27-24)18(34-21(20)22(28)29)10-25-23(30)32-11-17-15-8-4-2-6-13(15)14-7-3-5-9-16(14)17/h2-9,17-21H,10-12H2,1H3,(H,25,30)(H,28,29)/t18-,19-,20-,21-/m1/s1. The molecule has 0 unspecified atom stereocenters. The van der Waals surface area contributed by atoms with Crippen LogP contribution in [0.2, 0.25) is 0 Å². The fourth-order valence-electron chi connectivity index (χ4n) is 4.47. The van der Waals surface area contributed by atoms with E-state index in [2.05, 4.69) is 15.3 Å². The van der Waals surface area contributed by atoms with Gasteiger partial charge in [-0.1, -0.05) is 53.6 Å². The largest absolute Gasteiger partial charge is 0.479 e. The maximum atomic E-state index is 12.5. The van der Waals surface area contributed by atoms with E-state index in [1.165, 1.54) is 7.11 Å². The number of nitrogens with zero attached hydrogens (tertiary/aromatic N) is 3. The Bertz CT molecular complexity index is 1060. The zero-order valence-corrected chi connectivity index (χ0v) is 18.4. The van der Waals surface area contributed by atoms with Crippen LogP contribution in [-0.4, -0.2) is 68.6 Å². The van der Waals surface area contributed by atoms with Gasteiger partial charge >= 0.3 is 12.1 Å².